The topological polar surface area (TPSA) is 48.7 Å². The number of aryl methyl sites for hydroxylation is 1. The number of aromatic nitrogens is 2. The van der Waals surface area contributed by atoms with Crippen molar-refractivity contribution >= 4 is 11.6 Å². The highest BCUT2D eigenvalue weighted by atomic mass is 15.3. The van der Waals surface area contributed by atoms with Gasteiger partial charge in [0, 0.05) is 64.1 Å². The van der Waals surface area contributed by atoms with E-state index in [2.05, 4.69) is 70.6 Å². The summed E-state index contributed by atoms with van der Waals surface area (Å²) in [6, 6.07) is 10.6. The van der Waals surface area contributed by atoms with E-state index in [0.29, 0.717) is 5.92 Å². The van der Waals surface area contributed by atoms with Crippen LogP contribution < -0.4 is 10.2 Å². The maximum atomic E-state index is 4.91. The largest absolute Gasteiger partial charge is 0.372 e. The van der Waals surface area contributed by atoms with Gasteiger partial charge in [0.2, 0.25) is 0 Å². The molecule has 3 rings (SSSR count). The maximum absolute atomic E-state index is 4.91. The van der Waals surface area contributed by atoms with Gasteiger partial charge in [-0.25, -0.2) is 0 Å². The fourth-order valence-corrected chi connectivity index (χ4v) is 3.86. The Labute approximate surface area is 169 Å². The number of benzene rings is 1. The van der Waals surface area contributed by atoms with E-state index in [-0.39, 0.29) is 0 Å². The van der Waals surface area contributed by atoms with Crippen molar-refractivity contribution in [1.29, 1.82) is 0 Å². The Hall–Kier alpha value is -2.50. The Morgan fingerprint density at radius 3 is 2.79 bits per heavy atom. The molecular formula is C22H34N6. The van der Waals surface area contributed by atoms with Gasteiger partial charge in [-0.05, 0) is 44.4 Å². The van der Waals surface area contributed by atoms with Crippen molar-refractivity contribution in [3.63, 3.8) is 0 Å². The molecule has 28 heavy (non-hydrogen) atoms. The Morgan fingerprint density at radius 1 is 1.29 bits per heavy atom. The van der Waals surface area contributed by atoms with Crippen LogP contribution in [0.5, 0.6) is 0 Å². The molecule has 1 atom stereocenters. The molecule has 0 radical (unpaired) electrons. The third-order valence-electron chi connectivity index (χ3n) is 5.37. The second-order valence-corrected chi connectivity index (χ2v) is 7.38. The van der Waals surface area contributed by atoms with Gasteiger partial charge < -0.3 is 15.1 Å². The molecule has 1 aromatic carbocycles. The molecule has 1 aliphatic rings. The van der Waals surface area contributed by atoms with Crippen molar-refractivity contribution in [3.8, 4) is 0 Å². The molecule has 0 bridgehead atoms. The lowest BCUT2D eigenvalue weighted by molar-refractivity contribution is 0.485. The number of hydrogen-bond acceptors (Lipinski definition) is 3. The zero-order chi connectivity index (χ0) is 19.8. The van der Waals surface area contributed by atoms with Gasteiger partial charge in [0.25, 0.3) is 0 Å². The lowest BCUT2D eigenvalue weighted by atomic mass is 10.0. The van der Waals surface area contributed by atoms with Crippen LogP contribution >= 0.6 is 0 Å². The molecule has 1 N–H and O–H groups in total. The number of nitrogens with zero attached hydrogens (tertiary/aromatic N) is 5. The van der Waals surface area contributed by atoms with Crippen LogP contribution in [0.3, 0.4) is 0 Å². The number of para-hydroxylation sites is 1. The van der Waals surface area contributed by atoms with E-state index in [9.17, 15) is 0 Å². The minimum absolute atomic E-state index is 0.547. The zero-order valence-electron chi connectivity index (χ0n) is 17.5. The molecule has 1 aromatic heterocycles. The van der Waals surface area contributed by atoms with Gasteiger partial charge >= 0.3 is 0 Å². The van der Waals surface area contributed by atoms with Crippen molar-refractivity contribution in [2.45, 2.75) is 32.6 Å². The van der Waals surface area contributed by atoms with E-state index in [1.165, 1.54) is 11.3 Å². The normalized spacial score (nSPS) is 17.2. The van der Waals surface area contributed by atoms with Crippen LogP contribution in [0.15, 0.2) is 47.7 Å². The van der Waals surface area contributed by atoms with Crippen molar-refractivity contribution in [3.05, 3.63) is 48.3 Å². The van der Waals surface area contributed by atoms with Crippen LogP contribution in [0.25, 0.3) is 0 Å². The first-order valence-corrected chi connectivity index (χ1v) is 10.5. The monoisotopic (exact) mass is 382 g/mol. The molecule has 1 saturated heterocycles. The van der Waals surface area contributed by atoms with E-state index in [1.807, 2.05) is 17.9 Å². The molecule has 1 fully saturated rings. The molecule has 2 heterocycles. The summed E-state index contributed by atoms with van der Waals surface area (Å²) in [4.78, 5) is 9.72. The van der Waals surface area contributed by atoms with Crippen molar-refractivity contribution in [1.82, 2.24) is 20.0 Å². The zero-order valence-corrected chi connectivity index (χ0v) is 17.5. The fourth-order valence-electron chi connectivity index (χ4n) is 3.86. The summed E-state index contributed by atoms with van der Waals surface area (Å²) < 4.78 is 1.89. The first-order valence-electron chi connectivity index (χ1n) is 10.5. The second-order valence-electron chi connectivity index (χ2n) is 7.38. The Bertz CT molecular complexity index is 738. The molecule has 0 aliphatic carbocycles. The first-order chi connectivity index (χ1) is 13.7. The minimum atomic E-state index is 0.547. The summed E-state index contributed by atoms with van der Waals surface area (Å²) >= 11 is 0. The third kappa shape index (κ3) is 5.27. The molecule has 6 nitrogen and oxygen atoms in total. The van der Waals surface area contributed by atoms with Crippen LogP contribution in [0.1, 0.15) is 38.2 Å². The van der Waals surface area contributed by atoms with Gasteiger partial charge in [0.15, 0.2) is 5.96 Å². The first kappa shape index (κ1) is 20.2. The molecule has 6 heteroatoms. The van der Waals surface area contributed by atoms with E-state index in [0.717, 1.165) is 58.1 Å². The van der Waals surface area contributed by atoms with E-state index < -0.39 is 0 Å². The molecule has 0 amide bonds. The summed E-state index contributed by atoms with van der Waals surface area (Å²) in [5.41, 5.74) is 2.63. The molecular weight excluding hydrogens is 348 g/mol. The van der Waals surface area contributed by atoms with E-state index in [1.54, 1.807) is 0 Å². The van der Waals surface area contributed by atoms with Crippen LogP contribution in [-0.4, -0.2) is 59.9 Å². The number of hydrogen-bond donors (Lipinski definition) is 1. The molecule has 0 saturated carbocycles. The highest BCUT2D eigenvalue weighted by Crippen LogP contribution is 2.26. The molecule has 1 aliphatic heterocycles. The van der Waals surface area contributed by atoms with Gasteiger partial charge in [0.05, 0.1) is 6.20 Å². The number of aliphatic imine (C=N–C) groups is 1. The number of likely N-dealkylation sites (tertiary alicyclic amines) is 1. The number of nitrogens with one attached hydrogen (secondary N) is 1. The van der Waals surface area contributed by atoms with Crippen LogP contribution in [-0.2, 0) is 7.05 Å². The summed E-state index contributed by atoms with van der Waals surface area (Å²) in [6.07, 6.45) is 6.35. The minimum Gasteiger partial charge on any atom is -0.372 e. The van der Waals surface area contributed by atoms with E-state index >= 15 is 0 Å². The number of guanidine groups is 1. The lowest BCUT2D eigenvalue weighted by Crippen LogP contribution is -2.40. The highest BCUT2D eigenvalue weighted by molar-refractivity contribution is 5.80. The van der Waals surface area contributed by atoms with Crippen LogP contribution in [0.4, 0.5) is 5.69 Å². The summed E-state index contributed by atoms with van der Waals surface area (Å²) in [5, 5.41) is 7.80. The van der Waals surface area contributed by atoms with Gasteiger partial charge in [0.1, 0.15) is 0 Å². The van der Waals surface area contributed by atoms with Gasteiger partial charge in [-0.2, -0.15) is 5.10 Å². The molecule has 2 aromatic rings. The summed E-state index contributed by atoms with van der Waals surface area (Å²) in [5.74, 6) is 1.60. The third-order valence-corrected chi connectivity index (χ3v) is 5.37. The molecule has 1 unspecified atom stereocenters. The Morgan fingerprint density at radius 2 is 2.11 bits per heavy atom. The maximum Gasteiger partial charge on any atom is 0.193 e. The van der Waals surface area contributed by atoms with Crippen molar-refractivity contribution in [2.24, 2.45) is 12.0 Å². The molecule has 0 spiro atoms. The van der Waals surface area contributed by atoms with Crippen molar-refractivity contribution < 1.29 is 0 Å². The van der Waals surface area contributed by atoms with Crippen LogP contribution in [0.2, 0.25) is 0 Å². The lowest BCUT2D eigenvalue weighted by Gasteiger charge is -2.24. The predicted molar refractivity (Wildman–Crippen MR) is 117 cm³/mol. The van der Waals surface area contributed by atoms with Crippen molar-refractivity contribution in [2.75, 3.05) is 44.2 Å². The quantitative estimate of drug-likeness (QED) is 0.433. The predicted octanol–water partition coefficient (Wildman–Crippen LogP) is 3.09. The van der Waals surface area contributed by atoms with E-state index in [4.69, 9.17) is 4.99 Å². The average molecular weight is 383 g/mol. The second kappa shape index (κ2) is 10.2. The summed E-state index contributed by atoms with van der Waals surface area (Å²) in [7, 11) is 1.98. The number of anilines is 1. The standard InChI is InChI=1S/C22H34N6/c1-4-23-22(28-15-12-19(18-28)20-16-25-26(3)17-20)24-13-9-14-27(5-2)21-10-7-6-8-11-21/h6-8,10-11,16-17,19H,4-5,9,12-15,18H2,1-3H3,(H,23,24). The fraction of sp³-hybridized carbons (Fsp3) is 0.545. The average Bonchev–Trinajstić information content (AvgIpc) is 3.37. The Balaban J connectivity index is 1.53. The Kier molecular flexibility index (Phi) is 7.34. The van der Waals surface area contributed by atoms with Gasteiger partial charge in [-0.1, -0.05) is 18.2 Å². The highest BCUT2D eigenvalue weighted by Gasteiger charge is 2.26. The smallest absolute Gasteiger partial charge is 0.193 e. The van der Waals surface area contributed by atoms with Crippen LogP contribution in [0, 0.1) is 0 Å². The molecule has 152 valence electrons. The number of rotatable bonds is 8. The van der Waals surface area contributed by atoms with Gasteiger partial charge in [-0.3, -0.25) is 9.67 Å². The van der Waals surface area contributed by atoms with Gasteiger partial charge in [-0.15, -0.1) is 0 Å². The summed E-state index contributed by atoms with van der Waals surface area (Å²) in [6.45, 7) is 10.2. The SMILES string of the molecule is CCNC(=NCCCN(CC)c1ccccc1)N1CCC(c2cnn(C)c2)C1.